The fourth-order valence-electron chi connectivity index (χ4n) is 0.761. The largest absolute Gasteiger partial charge is 0.364 e. The first-order valence-corrected chi connectivity index (χ1v) is 3.04. The van der Waals surface area contributed by atoms with Gasteiger partial charge in [-0.25, -0.2) is 4.39 Å². The van der Waals surface area contributed by atoms with Gasteiger partial charge in [-0.05, 0) is 13.0 Å². The zero-order chi connectivity index (χ0) is 8.43. The Morgan fingerprint density at radius 1 is 1.73 bits per heavy atom. The summed E-state index contributed by atoms with van der Waals surface area (Å²) in [5, 5.41) is 0. The Hall–Kier alpha value is -1.45. The number of halogens is 1. The number of nitrogens with two attached hydrogens (primary N) is 1. The van der Waals surface area contributed by atoms with Crippen LogP contribution >= 0.6 is 0 Å². The van der Waals surface area contributed by atoms with E-state index < -0.39 is 11.7 Å². The second-order valence-electron chi connectivity index (χ2n) is 2.13. The maximum atomic E-state index is 12.7. The van der Waals surface area contributed by atoms with Gasteiger partial charge in [-0.15, -0.1) is 0 Å². The van der Waals surface area contributed by atoms with Gasteiger partial charge in [-0.3, -0.25) is 9.78 Å². The molecule has 0 unspecified atom stereocenters. The molecule has 0 radical (unpaired) electrons. The average Bonchev–Trinajstić information content (AvgIpc) is 1.94. The number of pyridine rings is 1. The normalized spacial score (nSPS) is 9.64. The number of amides is 1. The number of hydrogen-bond acceptors (Lipinski definition) is 2. The fourth-order valence-corrected chi connectivity index (χ4v) is 0.761. The zero-order valence-corrected chi connectivity index (χ0v) is 5.97. The second kappa shape index (κ2) is 2.65. The van der Waals surface area contributed by atoms with Crippen LogP contribution in [0.5, 0.6) is 0 Å². The maximum absolute atomic E-state index is 12.7. The van der Waals surface area contributed by atoms with Crippen molar-refractivity contribution >= 4 is 5.91 Å². The van der Waals surface area contributed by atoms with E-state index in [9.17, 15) is 9.18 Å². The number of carbonyl (C=O) groups excluding carboxylic acids is 1. The first-order chi connectivity index (χ1) is 5.13. The average molecular weight is 154 g/mol. The summed E-state index contributed by atoms with van der Waals surface area (Å²) >= 11 is 0. The van der Waals surface area contributed by atoms with Gasteiger partial charge in [0.25, 0.3) is 5.91 Å². The molecule has 0 aliphatic carbocycles. The van der Waals surface area contributed by atoms with Gasteiger partial charge in [0, 0.05) is 11.8 Å². The lowest BCUT2D eigenvalue weighted by Crippen LogP contribution is -2.15. The molecule has 0 aliphatic rings. The minimum atomic E-state index is -0.706. The predicted octanol–water partition coefficient (Wildman–Crippen LogP) is 0.628. The molecule has 11 heavy (non-hydrogen) atoms. The topological polar surface area (TPSA) is 56.0 Å². The Morgan fingerprint density at radius 2 is 2.36 bits per heavy atom. The van der Waals surface area contributed by atoms with Crippen molar-refractivity contribution in [3.8, 4) is 0 Å². The van der Waals surface area contributed by atoms with Gasteiger partial charge in [0.05, 0.1) is 0 Å². The molecule has 1 amide bonds. The molecule has 0 spiro atoms. The molecule has 58 valence electrons. The summed E-state index contributed by atoms with van der Waals surface area (Å²) in [4.78, 5) is 14.2. The van der Waals surface area contributed by atoms with Gasteiger partial charge in [-0.2, -0.15) is 0 Å². The van der Waals surface area contributed by atoms with Crippen molar-refractivity contribution in [1.29, 1.82) is 0 Å². The Labute approximate surface area is 63.0 Å². The second-order valence-corrected chi connectivity index (χ2v) is 2.13. The van der Waals surface area contributed by atoms with E-state index in [4.69, 9.17) is 5.73 Å². The third-order valence-corrected chi connectivity index (χ3v) is 1.37. The number of rotatable bonds is 1. The highest BCUT2D eigenvalue weighted by Gasteiger charge is 2.08. The van der Waals surface area contributed by atoms with E-state index in [2.05, 4.69) is 4.98 Å². The van der Waals surface area contributed by atoms with Crippen molar-refractivity contribution in [2.45, 2.75) is 6.92 Å². The summed E-state index contributed by atoms with van der Waals surface area (Å²) in [5.74, 6) is -1.17. The molecule has 0 aromatic carbocycles. The van der Waals surface area contributed by atoms with Gasteiger partial charge >= 0.3 is 0 Å². The lowest BCUT2D eigenvalue weighted by atomic mass is 10.2. The molecule has 1 heterocycles. The van der Waals surface area contributed by atoms with Crippen LogP contribution in [-0.2, 0) is 0 Å². The SMILES string of the molecule is Cc1c(F)ccnc1C(N)=O. The summed E-state index contributed by atoms with van der Waals surface area (Å²) in [5.41, 5.74) is 5.10. The fraction of sp³-hybridized carbons (Fsp3) is 0.143. The summed E-state index contributed by atoms with van der Waals surface area (Å²) in [6, 6.07) is 1.18. The van der Waals surface area contributed by atoms with Crippen molar-refractivity contribution in [3.05, 3.63) is 29.3 Å². The van der Waals surface area contributed by atoms with Gasteiger partial charge in [-0.1, -0.05) is 0 Å². The van der Waals surface area contributed by atoms with E-state index in [0.29, 0.717) is 0 Å². The minimum absolute atomic E-state index is 0.00926. The minimum Gasteiger partial charge on any atom is -0.364 e. The van der Waals surface area contributed by atoms with E-state index >= 15 is 0 Å². The summed E-state index contributed by atoms with van der Waals surface area (Å²) in [7, 11) is 0. The highest BCUT2D eigenvalue weighted by Crippen LogP contribution is 2.07. The molecular weight excluding hydrogens is 147 g/mol. The standard InChI is InChI=1S/C7H7FN2O/c1-4-5(8)2-3-10-6(4)7(9)11/h2-3H,1H3,(H2,9,11). The van der Waals surface area contributed by atoms with E-state index in [1.807, 2.05) is 0 Å². The van der Waals surface area contributed by atoms with Crippen LogP contribution in [0.3, 0.4) is 0 Å². The van der Waals surface area contributed by atoms with Gasteiger partial charge < -0.3 is 5.73 Å². The smallest absolute Gasteiger partial charge is 0.267 e. The Balaban J connectivity index is 3.27. The third-order valence-electron chi connectivity index (χ3n) is 1.37. The van der Waals surface area contributed by atoms with Crippen molar-refractivity contribution in [1.82, 2.24) is 4.98 Å². The molecule has 1 aromatic rings. The highest BCUT2D eigenvalue weighted by molar-refractivity contribution is 5.92. The lowest BCUT2D eigenvalue weighted by Gasteiger charge is -1.99. The first-order valence-electron chi connectivity index (χ1n) is 3.04. The van der Waals surface area contributed by atoms with Crippen LogP contribution in [0.15, 0.2) is 12.3 Å². The van der Waals surface area contributed by atoms with Gasteiger partial charge in [0.2, 0.25) is 0 Å². The van der Waals surface area contributed by atoms with Crippen molar-refractivity contribution in [2.75, 3.05) is 0 Å². The summed E-state index contributed by atoms with van der Waals surface area (Å²) < 4.78 is 12.7. The molecule has 1 aromatic heterocycles. The van der Waals surface area contributed by atoms with Crippen molar-refractivity contribution in [2.24, 2.45) is 5.73 Å². The Morgan fingerprint density at radius 3 is 2.82 bits per heavy atom. The highest BCUT2D eigenvalue weighted by atomic mass is 19.1. The van der Waals surface area contributed by atoms with Crippen LogP contribution in [0.2, 0.25) is 0 Å². The number of carbonyl (C=O) groups is 1. The van der Waals surface area contributed by atoms with E-state index in [1.165, 1.54) is 19.2 Å². The van der Waals surface area contributed by atoms with E-state index in [1.54, 1.807) is 0 Å². The zero-order valence-electron chi connectivity index (χ0n) is 5.97. The molecule has 2 N–H and O–H groups in total. The number of nitrogens with zero attached hydrogens (tertiary/aromatic N) is 1. The molecule has 0 saturated carbocycles. The van der Waals surface area contributed by atoms with E-state index in [0.717, 1.165) is 0 Å². The Kier molecular flexibility index (Phi) is 1.85. The molecule has 0 fully saturated rings. The molecule has 1 rings (SSSR count). The van der Waals surface area contributed by atoms with Crippen molar-refractivity contribution in [3.63, 3.8) is 0 Å². The van der Waals surface area contributed by atoms with Crippen molar-refractivity contribution < 1.29 is 9.18 Å². The number of primary amides is 1. The monoisotopic (exact) mass is 154 g/mol. The molecule has 0 bridgehead atoms. The van der Waals surface area contributed by atoms with E-state index in [-0.39, 0.29) is 11.3 Å². The third kappa shape index (κ3) is 1.34. The molecule has 0 saturated heterocycles. The van der Waals surface area contributed by atoms with Crippen LogP contribution in [0.25, 0.3) is 0 Å². The van der Waals surface area contributed by atoms with Crippen LogP contribution in [0.1, 0.15) is 16.1 Å². The lowest BCUT2D eigenvalue weighted by molar-refractivity contribution is 0.0994. The number of aromatic nitrogens is 1. The van der Waals surface area contributed by atoms with Gasteiger partial charge in [0.15, 0.2) is 0 Å². The molecule has 0 atom stereocenters. The number of hydrogen-bond donors (Lipinski definition) is 1. The molecule has 4 heteroatoms. The maximum Gasteiger partial charge on any atom is 0.267 e. The van der Waals surface area contributed by atoms with Gasteiger partial charge in [0.1, 0.15) is 11.5 Å². The summed E-state index contributed by atoms with van der Waals surface area (Å²) in [6.45, 7) is 1.46. The Bertz CT molecular complexity index is 298. The predicted molar refractivity (Wildman–Crippen MR) is 37.4 cm³/mol. The summed E-state index contributed by atoms with van der Waals surface area (Å²) in [6.07, 6.45) is 1.21. The van der Waals surface area contributed by atoms with Crippen LogP contribution in [-0.4, -0.2) is 10.9 Å². The van der Waals surface area contributed by atoms with Crippen LogP contribution < -0.4 is 5.73 Å². The first kappa shape index (κ1) is 7.65. The quantitative estimate of drug-likeness (QED) is 0.644. The molecular formula is C7H7FN2O. The van der Waals surface area contributed by atoms with Crippen LogP contribution in [0, 0.1) is 12.7 Å². The molecule has 3 nitrogen and oxygen atoms in total. The van der Waals surface area contributed by atoms with Crippen LogP contribution in [0.4, 0.5) is 4.39 Å². The molecule has 0 aliphatic heterocycles.